The second-order valence-electron chi connectivity index (χ2n) is 23.8. The van der Waals surface area contributed by atoms with E-state index in [1.165, 1.54) is 302 Å². The lowest BCUT2D eigenvalue weighted by Crippen LogP contribution is -2.30. The molecule has 76 heavy (non-hydrogen) atoms. The zero-order valence-corrected chi connectivity index (χ0v) is 51.8. The van der Waals surface area contributed by atoms with Gasteiger partial charge in [0, 0.05) is 19.3 Å². The SMILES string of the molecule is CCCCCCCC/C=C\CCCCCCCCCCCC(=O)OC(COC(=O)CCCCCCCCCCCCCCCCCCCCC)COC(=O)CCCCCCCCCCCCCCCCCCCCCC. The van der Waals surface area contributed by atoms with Crippen molar-refractivity contribution in [3.05, 3.63) is 12.2 Å². The first-order chi connectivity index (χ1) is 37.5. The Morgan fingerprint density at radius 3 is 0.658 bits per heavy atom. The molecule has 0 amide bonds. The molecule has 0 aromatic carbocycles. The number of hydrogen-bond acceptors (Lipinski definition) is 6. The molecule has 0 bridgehead atoms. The van der Waals surface area contributed by atoms with Gasteiger partial charge < -0.3 is 14.2 Å². The van der Waals surface area contributed by atoms with Crippen molar-refractivity contribution in [2.75, 3.05) is 13.2 Å². The number of ether oxygens (including phenoxy) is 3. The van der Waals surface area contributed by atoms with E-state index in [9.17, 15) is 14.4 Å². The van der Waals surface area contributed by atoms with Gasteiger partial charge in [0.15, 0.2) is 6.10 Å². The number of hydrogen-bond donors (Lipinski definition) is 0. The van der Waals surface area contributed by atoms with Crippen LogP contribution in [0.15, 0.2) is 12.2 Å². The van der Waals surface area contributed by atoms with Crippen LogP contribution in [0.25, 0.3) is 0 Å². The summed E-state index contributed by atoms with van der Waals surface area (Å²) in [6.45, 7) is 6.73. The Hall–Kier alpha value is -1.85. The zero-order valence-electron chi connectivity index (χ0n) is 51.8. The summed E-state index contributed by atoms with van der Waals surface area (Å²) in [5, 5.41) is 0. The molecule has 450 valence electrons. The Labute approximate surface area is 475 Å². The molecule has 6 heteroatoms. The molecule has 0 aliphatic rings. The monoisotopic (exact) mass is 1070 g/mol. The number of rotatable bonds is 65. The molecule has 6 nitrogen and oxygen atoms in total. The van der Waals surface area contributed by atoms with Crippen LogP contribution in [0.5, 0.6) is 0 Å². The van der Waals surface area contributed by atoms with Crippen molar-refractivity contribution in [3.8, 4) is 0 Å². The van der Waals surface area contributed by atoms with Gasteiger partial charge in [-0.25, -0.2) is 0 Å². The normalized spacial score (nSPS) is 12.0. The fourth-order valence-electron chi connectivity index (χ4n) is 10.8. The van der Waals surface area contributed by atoms with Crippen molar-refractivity contribution in [2.45, 2.75) is 406 Å². The van der Waals surface area contributed by atoms with Crippen LogP contribution < -0.4 is 0 Å². The highest BCUT2D eigenvalue weighted by Gasteiger charge is 2.19. The van der Waals surface area contributed by atoms with Gasteiger partial charge >= 0.3 is 17.9 Å². The van der Waals surface area contributed by atoms with Crippen LogP contribution in [-0.4, -0.2) is 37.2 Å². The minimum absolute atomic E-state index is 0.0637. The van der Waals surface area contributed by atoms with Crippen molar-refractivity contribution in [1.29, 1.82) is 0 Å². The average Bonchev–Trinajstić information content (AvgIpc) is 3.42. The van der Waals surface area contributed by atoms with Crippen LogP contribution in [0.3, 0.4) is 0 Å². The van der Waals surface area contributed by atoms with E-state index in [0.29, 0.717) is 19.3 Å². The summed E-state index contributed by atoms with van der Waals surface area (Å²) < 4.78 is 17.0. The summed E-state index contributed by atoms with van der Waals surface area (Å²) >= 11 is 0. The molecule has 0 aromatic rings. The largest absolute Gasteiger partial charge is 0.462 e. The number of carbonyl (C=O) groups excluding carboxylic acids is 3. The molecule has 0 N–H and O–H groups in total. The molecular weight excluding hydrogens is 937 g/mol. The van der Waals surface area contributed by atoms with Crippen molar-refractivity contribution < 1.29 is 28.6 Å². The maximum atomic E-state index is 12.9. The molecule has 0 radical (unpaired) electrons. The van der Waals surface area contributed by atoms with Crippen LogP contribution in [0, 0.1) is 0 Å². The molecule has 0 heterocycles. The number of carbonyl (C=O) groups is 3. The molecule has 0 saturated heterocycles. The van der Waals surface area contributed by atoms with Crippen molar-refractivity contribution in [1.82, 2.24) is 0 Å². The number of unbranched alkanes of at least 4 members (excludes halogenated alkanes) is 52. The molecule has 0 fully saturated rings. The maximum absolute atomic E-state index is 12.9. The Kier molecular flexibility index (Phi) is 64.1. The number of esters is 3. The second kappa shape index (κ2) is 65.7. The molecule has 1 atom stereocenters. The van der Waals surface area contributed by atoms with Gasteiger partial charge in [0.25, 0.3) is 0 Å². The smallest absolute Gasteiger partial charge is 0.306 e. The van der Waals surface area contributed by atoms with Gasteiger partial charge in [0.1, 0.15) is 13.2 Å². The van der Waals surface area contributed by atoms with Gasteiger partial charge in [-0.15, -0.1) is 0 Å². The minimum atomic E-state index is -0.767. The zero-order chi connectivity index (χ0) is 55.0. The van der Waals surface area contributed by atoms with Crippen molar-refractivity contribution >= 4 is 17.9 Å². The Bertz CT molecular complexity index is 1180. The predicted molar refractivity (Wildman–Crippen MR) is 330 cm³/mol. The lowest BCUT2D eigenvalue weighted by Gasteiger charge is -2.18. The molecule has 0 aromatic heterocycles. The third-order valence-electron chi connectivity index (χ3n) is 16.0. The molecule has 0 saturated carbocycles. The molecule has 0 aliphatic carbocycles. The molecule has 0 aliphatic heterocycles. The first-order valence-electron chi connectivity index (χ1n) is 34.7. The standard InChI is InChI=1S/C70H134O6/c1-4-7-10-13-16-19-22-25-28-31-34-37-39-42-45-48-51-54-57-60-63-69(72)75-66-67(76-70(73)64-61-58-55-52-49-46-43-40-36-33-30-27-24-21-18-15-12-9-6-3)65-74-68(71)62-59-56-53-50-47-44-41-38-35-32-29-26-23-20-17-14-11-8-5-2/h27,30,67H,4-26,28-29,31-66H2,1-3H3/b30-27-. The predicted octanol–water partition coefficient (Wildman–Crippen LogP) is 23.6. The quantitative estimate of drug-likeness (QED) is 0.0261. The molecule has 0 spiro atoms. The average molecular weight is 1070 g/mol. The molecule has 1 unspecified atom stereocenters. The fourth-order valence-corrected chi connectivity index (χ4v) is 10.8. The van der Waals surface area contributed by atoms with E-state index in [-0.39, 0.29) is 31.1 Å². The van der Waals surface area contributed by atoms with E-state index < -0.39 is 6.10 Å². The van der Waals surface area contributed by atoms with Crippen LogP contribution in [-0.2, 0) is 28.6 Å². The summed E-state index contributed by atoms with van der Waals surface area (Å²) in [7, 11) is 0. The van der Waals surface area contributed by atoms with Crippen LogP contribution in [0.4, 0.5) is 0 Å². The third-order valence-corrected chi connectivity index (χ3v) is 16.0. The third kappa shape index (κ3) is 63.0. The summed E-state index contributed by atoms with van der Waals surface area (Å²) in [5.41, 5.74) is 0. The van der Waals surface area contributed by atoms with Gasteiger partial charge in [-0.1, -0.05) is 348 Å². The highest BCUT2D eigenvalue weighted by molar-refractivity contribution is 5.71. The Balaban J connectivity index is 4.29. The summed E-state index contributed by atoms with van der Waals surface area (Å²) in [6, 6.07) is 0. The van der Waals surface area contributed by atoms with E-state index in [2.05, 4.69) is 32.9 Å². The van der Waals surface area contributed by atoms with Crippen LogP contribution in [0.2, 0.25) is 0 Å². The first-order valence-corrected chi connectivity index (χ1v) is 34.7. The fraction of sp³-hybridized carbons (Fsp3) is 0.929. The van der Waals surface area contributed by atoms with E-state index in [4.69, 9.17) is 14.2 Å². The van der Waals surface area contributed by atoms with Crippen molar-refractivity contribution in [3.63, 3.8) is 0 Å². The summed E-state index contributed by atoms with van der Waals surface area (Å²) in [5.74, 6) is -0.829. The molecular formula is C70H134O6. The number of allylic oxidation sites excluding steroid dienone is 2. The van der Waals surface area contributed by atoms with E-state index in [1.54, 1.807) is 0 Å². The highest BCUT2D eigenvalue weighted by atomic mass is 16.6. The first kappa shape index (κ1) is 74.2. The maximum Gasteiger partial charge on any atom is 0.306 e. The summed E-state index contributed by atoms with van der Waals surface area (Å²) in [6.07, 6.45) is 78.0. The van der Waals surface area contributed by atoms with Gasteiger partial charge in [-0.3, -0.25) is 14.4 Å². The lowest BCUT2D eigenvalue weighted by atomic mass is 10.0. The van der Waals surface area contributed by atoms with E-state index in [0.717, 1.165) is 57.8 Å². The Morgan fingerprint density at radius 2 is 0.434 bits per heavy atom. The van der Waals surface area contributed by atoms with Gasteiger partial charge in [0.05, 0.1) is 0 Å². The lowest BCUT2D eigenvalue weighted by molar-refractivity contribution is -0.167. The van der Waals surface area contributed by atoms with E-state index >= 15 is 0 Å². The van der Waals surface area contributed by atoms with Crippen molar-refractivity contribution in [2.24, 2.45) is 0 Å². The van der Waals surface area contributed by atoms with Gasteiger partial charge in [0.2, 0.25) is 0 Å². The van der Waals surface area contributed by atoms with Gasteiger partial charge in [-0.05, 0) is 44.9 Å². The Morgan fingerprint density at radius 1 is 0.250 bits per heavy atom. The van der Waals surface area contributed by atoms with E-state index in [1.807, 2.05) is 0 Å². The molecule has 0 rings (SSSR count). The minimum Gasteiger partial charge on any atom is -0.462 e. The topological polar surface area (TPSA) is 78.9 Å². The van der Waals surface area contributed by atoms with Crippen LogP contribution >= 0.6 is 0 Å². The van der Waals surface area contributed by atoms with Crippen LogP contribution in [0.1, 0.15) is 400 Å². The summed E-state index contributed by atoms with van der Waals surface area (Å²) in [4.78, 5) is 38.4. The highest BCUT2D eigenvalue weighted by Crippen LogP contribution is 2.19. The van der Waals surface area contributed by atoms with Gasteiger partial charge in [-0.2, -0.15) is 0 Å². The second-order valence-corrected chi connectivity index (χ2v) is 23.8.